The Morgan fingerprint density at radius 2 is 1.94 bits per heavy atom. The van der Waals surface area contributed by atoms with Gasteiger partial charge in [0.15, 0.2) is 11.5 Å². The summed E-state index contributed by atoms with van der Waals surface area (Å²) in [6, 6.07) is 4.79. The predicted molar refractivity (Wildman–Crippen MR) is 56.8 cm³/mol. The van der Waals surface area contributed by atoms with Gasteiger partial charge in [0.05, 0.1) is 26.7 Å². The molecule has 0 aromatic heterocycles. The molecule has 0 spiro atoms. The first kappa shape index (κ1) is 12.3. The number of aliphatic hydroxyl groups is 1. The molecule has 2 N–H and O–H groups in total. The number of hydrogen-bond acceptors (Lipinski definition) is 4. The molecule has 0 aliphatic carbocycles. The zero-order valence-electron chi connectivity index (χ0n) is 9.14. The topological polar surface area (TPSA) is 76.0 Å². The van der Waals surface area contributed by atoms with Gasteiger partial charge >= 0.3 is 5.97 Å². The molecule has 0 saturated heterocycles. The Hall–Kier alpha value is -1.75. The summed E-state index contributed by atoms with van der Waals surface area (Å²) in [5, 5.41) is 18.2. The van der Waals surface area contributed by atoms with Crippen LogP contribution in [0.2, 0.25) is 0 Å². The number of carboxylic acid groups (broad SMARTS) is 1. The average molecular weight is 226 g/mol. The molecule has 1 rings (SSSR count). The molecule has 0 unspecified atom stereocenters. The van der Waals surface area contributed by atoms with Crippen LogP contribution in [0.15, 0.2) is 18.2 Å². The van der Waals surface area contributed by atoms with Gasteiger partial charge in [0.2, 0.25) is 0 Å². The molecule has 16 heavy (non-hydrogen) atoms. The Balaban J connectivity index is 2.93. The molecule has 0 fully saturated rings. The monoisotopic (exact) mass is 226 g/mol. The number of rotatable bonds is 5. The number of aliphatic carboxylic acids is 1. The van der Waals surface area contributed by atoms with Crippen molar-refractivity contribution in [1.82, 2.24) is 0 Å². The maximum Gasteiger partial charge on any atom is 0.306 e. The van der Waals surface area contributed by atoms with Crippen LogP contribution in [0.25, 0.3) is 0 Å². The van der Waals surface area contributed by atoms with Gasteiger partial charge in [0.25, 0.3) is 0 Å². The Morgan fingerprint density at radius 1 is 1.31 bits per heavy atom. The maximum atomic E-state index is 10.4. The van der Waals surface area contributed by atoms with Crippen molar-refractivity contribution in [3.05, 3.63) is 23.8 Å². The summed E-state index contributed by atoms with van der Waals surface area (Å²) in [6.45, 7) is 0. The molecule has 1 atom stereocenters. The molecular weight excluding hydrogens is 212 g/mol. The fourth-order valence-corrected chi connectivity index (χ4v) is 1.34. The van der Waals surface area contributed by atoms with Crippen LogP contribution in [-0.2, 0) is 4.79 Å². The molecule has 5 nitrogen and oxygen atoms in total. The van der Waals surface area contributed by atoms with E-state index in [1.807, 2.05) is 0 Å². The quantitative estimate of drug-likeness (QED) is 0.789. The fourth-order valence-electron chi connectivity index (χ4n) is 1.34. The predicted octanol–water partition coefficient (Wildman–Crippen LogP) is 1.21. The summed E-state index contributed by atoms with van der Waals surface area (Å²) in [4.78, 5) is 10.4. The standard InChI is InChI=1S/C11H14O5/c1-15-9-4-3-7(5-10(9)16-2)8(12)6-11(13)14/h3-5,8,12H,6H2,1-2H3,(H,13,14)/t8-/m0/s1. The third-order valence-corrected chi connectivity index (χ3v) is 2.16. The van der Waals surface area contributed by atoms with E-state index < -0.39 is 12.1 Å². The molecule has 0 radical (unpaired) electrons. The number of ether oxygens (including phenoxy) is 2. The molecule has 0 amide bonds. The van der Waals surface area contributed by atoms with Crippen LogP contribution in [0.4, 0.5) is 0 Å². The normalized spacial score (nSPS) is 11.9. The lowest BCUT2D eigenvalue weighted by atomic mass is 10.1. The van der Waals surface area contributed by atoms with Crippen molar-refractivity contribution in [1.29, 1.82) is 0 Å². The van der Waals surface area contributed by atoms with E-state index in [2.05, 4.69) is 0 Å². The summed E-state index contributed by atoms with van der Waals surface area (Å²) < 4.78 is 10.1. The van der Waals surface area contributed by atoms with E-state index in [4.69, 9.17) is 14.6 Å². The number of aliphatic hydroxyl groups excluding tert-OH is 1. The Bertz CT molecular complexity index is 375. The minimum Gasteiger partial charge on any atom is -0.493 e. The lowest BCUT2D eigenvalue weighted by molar-refractivity contribution is -0.139. The first-order chi connectivity index (χ1) is 7.58. The van der Waals surface area contributed by atoms with Crippen molar-refractivity contribution in [3.8, 4) is 11.5 Å². The summed E-state index contributed by atoms with van der Waals surface area (Å²) in [5.74, 6) is -0.0551. The van der Waals surface area contributed by atoms with E-state index in [0.717, 1.165) is 0 Å². The van der Waals surface area contributed by atoms with Crippen LogP contribution in [0.5, 0.6) is 11.5 Å². The molecule has 0 bridgehead atoms. The smallest absolute Gasteiger partial charge is 0.306 e. The molecule has 1 aromatic carbocycles. The summed E-state index contributed by atoms with van der Waals surface area (Å²) in [5.41, 5.74) is 0.486. The Kier molecular flexibility index (Phi) is 4.13. The lowest BCUT2D eigenvalue weighted by Gasteiger charge is -2.12. The van der Waals surface area contributed by atoms with Crippen molar-refractivity contribution in [2.45, 2.75) is 12.5 Å². The Morgan fingerprint density at radius 3 is 2.44 bits per heavy atom. The van der Waals surface area contributed by atoms with Crippen molar-refractivity contribution in [2.75, 3.05) is 14.2 Å². The zero-order chi connectivity index (χ0) is 12.1. The lowest BCUT2D eigenvalue weighted by Crippen LogP contribution is -2.05. The molecule has 1 aromatic rings. The highest BCUT2D eigenvalue weighted by Crippen LogP contribution is 2.30. The Labute approximate surface area is 93.2 Å². The van der Waals surface area contributed by atoms with Crippen molar-refractivity contribution in [2.24, 2.45) is 0 Å². The van der Waals surface area contributed by atoms with E-state index in [-0.39, 0.29) is 6.42 Å². The summed E-state index contributed by atoms with van der Waals surface area (Å²) in [7, 11) is 2.98. The highest BCUT2D eigenvalue weighted by Gasteiger charge is 2.14. The van der Waals surface area contributed by atoms with Gasteiger partial charge in [-0.1, -0.05) is 6.07 Å². The zero-order valence-corrected chi connectivity index (χ0v) is 9.14. The highest BCUT2D eigenvalue weighted by molar-refractivity contribution is 5.67. The van der Waals surface area contributed by atoms with Gasteiger partial charge in [0, 0.05) is 0 Å². The van der Waals surface area contributed by atoms with Gasteiger partial charge in [-0.3, -0.25) is 4.79 Å². The fraction of sp³-hybridized carbons (Fsp3) is 0.364. The van der Waals surface area contributed by atoms with Gasteiger partial charge < -0.3 is 19.7 Å². The molecule has 0 heterocycles. The largest absolute Gasteiger partial charge is 0.493 e. The van der Waals surface area contributed by atoms with Gasteiger partial charge in [-0.15, -0.1) is 0 Å². The van der Waals surface area contributed by atoms with Gasteiger partial charge in [-0.2, -0.15) is 0 Å². The highest BCUT2D eigenvalue weighted by atomic mass is 16.5. The molecule has 0 saturated carbocycles. The second-order valence-corrected chi connectivity index (χ2v) is 3.23. The van der Waals surface area contributed by atoms with Crippen LogP contribution >= 0.6 is 0 Å². The van der Waals surface area contributed by atoms with Crippen molar-refractivity contribution in [3.63, 3.8) is 0 Å². The van der Waals surface area contributed by atoms with E-state index in [1.165, 1.54) is 14.2 Å². The van der Waals surface area contributed by atoms with E-state index >= 15 is 0 Å². The van der Waals surface area contributed by atoms with Gasteiger partial charge in [-0.05, 0) is 17.7 Å². The third-order valence-electron chi connectivity index (χ3n) is 2.16. The number of carbonyl (C=O) groups is 1. The minimum atomic E-state index is -1.05. The van der Waals surface area contributed by atoms with Gasteiger partial charge in [-0.25, -0.2) is 0 Å². The molecule has 0 aliphatic heterocycles. The summed E-state index contributed by atoms with van der Waals surface area (Å²) in [6.07, 6.45) is -1.38. The minimum absolute atomic E-state index is 0.338. The molecular formula is C11H14O5. The number of methoxy groups -OCH3 is 2. The molecule has 5 heteroatoms. The van der Waals surface area contributed by atoms with E-state index in [9.17, 15) is 9.90 Å². The van der Waals surface area contributed by atoms with Crippen LogP contribution in [-0.4, -0.2) is 30.4 Å². The van der Waals surface area contributed by atoms with Crippen LogP contribution < -0.4 is 9.47 Å². The van der Waals surface area contributed by atoms with Crippen molar-refractivity contribution >= 4 is 5.97 Å². The molecule has 88 valence electrons. The first-order valence-electron chi connectivity index (χ1n) is 4.70. The SMILES string of the molecule is COc1ccc([C@@H](O)CC(=O)O)cc1OC. The maximum absolute atomic E-state index is 10.4. The van der Waals surface area contributed by atoms with Gasteiger partial charge in [0.1, 0.15) is 0 Å². The van der Waals surface area contributed by atoms with Crippen LogP contribution in [0.3, 0.4) is 0 Å². The third kappa shape index (κ3) is 2.87. The summed E-state index contributed by atoms with van der Waals surface area (Å²) >= 11 is 0. The molecule has 0 aliphatic rings. The number of benzene rings is 1. The second kappa shape index (κ2) is 5.37. The van der Waals surface area contributed by atoms with E-state index in [1.54, 1.807) is 18.2 Å². The van der Waals surface area contributed by atoms with Crippen molar-refractivity contribution < 1.29 is 24.5 Å². The van der Waals surface area contributed by atoms with Crippen LogP contribution in [0.1, 0.15) is 18.1 Å². The average Bonchev–Trinajstić information content (AvgIpc) is 2.27. The van der Waals surface area contributed by atoms with E-state index in [0.29, 0.717) is 17.1 Å². The number of hydrogen-bond donors (Lipinski definition) is 2. The van der Waals surface area contributed by atoms with Crippen LogP contribution in [0, 0.1) is 0 Å². The number of carboxylic acids is 1. The first-order valence-corrected chi connectivity index (χ1v) is 4.70. The second-order valence-electron chi connectivity index (χ2n) is 3.23.